The largest absolute Gasteiger partial charge is 0.378 e. The van der Waals surface area contributed by atoms with E-state index in [2.05, 4.69) is 41.9 Å². The molecule has 3 rings (SSSR count). The monoisotopic (exact) mass is 303 g/mol. The maximum Gasteiger partial charge on any atom is 0.0576 e. The summed E-state index contributed by atoms with van der Waals surface area (Å²) in [6, 6.07) is 9.38. The van der Waals surface area contributed by atoms with Gasteiger partial charge in [-0.05, 0) is 61.0 Å². The highest BCUT2D eigenvalue weighted by molar-refractivity contribution is 7.17. The molecule has 0 spiro atoms. The summed E-state index contributed by atoms with van der Waals surface area (Å²) in [6.07, 6.45) is 6.47. The van der Waals surface area contributed by atoms with Crippen molar-refractivity contribution >= 4 is 21.4 Å². The van der Waals surface area contributed by atoms with Crippen molar-refractivity contribution in [1.82, 2.24) is 5.32 Å². The summed E-state index contributed by atoms with van der Waals surface area (Å²) < 4.78 is 7.23. The Morgan fingerprint density at radius 1 is 1.38 bits per heavy atom. The van der Waals surface area contributed by atoms with Gasteiger partial charge in [-0.3, -0.25) is 0 Å². The number of hydrogen-bond donors (Lipinski definition) is 1. The summed E-state index contributed by atoms with van der Waals surface area (Å²) in [7, 11) is 0. The third-order valence-electron chi connectivity index (χ3n) is 4.33. The Hall–Kier alpha value is -0.900. The van der Waals surface area contributed by atoms with Crippen LogP contribution in [0.2, 0.25) is 0 Å². The third-order valence-corrected chi connectivity index (χ3v) is 5.31. The minimum atomic E-state index is 0.455. The van der Waals surface area contributed by atoms with Crippen LogP contribution in [0.3, 0.4) is 0 Å². The quantitative estimate of drug-likeness (QED) is 0.785. The molecular formula is C18H25NOS. The van der Waals surface area contributed by atoms with Gasteiger partial charge in [0.15, 0.2) is 0 Å². The minimum absolute atomic E-state index is 0.455. The van der Waals surface area contributed by atoms with Crippen molar-refractivity contribution in [3.8, 4) is 0 Å². The highest BCUT2D eigenvalue weighted by Crippen LogP contribution is 2.32. The molecule has 1 N–H and O–H groups in total. The van der Waals surface area contributed by atoms with Crippen LogP contribution in [0.4, 0.5) is 0 Å². The van der Waals surface area contributed by atoms with E-state index in [0.29, 0.717) is 12.1 Å². The molecule has 2 atom stereocenters. The lowest BCUT2D eigenvalue weighted by Crippen LogP contribution is -2.23. The van der Waals surface area contributed by atoms with Crippen LogP contribution in [-0.4, -0.2) is 19.3 Å². The molecule has 2 nitrogen and oxygen atoms in total. The van der Waals surface area contributed by atoms with Gasteiger partial charge >= 0.3 is 0 Å². The molecule has 0 amide bonds. The molecule has 0 saturated carbocycles. The van der Waals surface area contributed by atoms with Crippen molar-refractivity contribution in [2.24, 2.45) is 0 Å². The second kappa shape index (κ2) is 7.39. The lowest BCUT2D eigenvalue weighted by molar-refractivity contribution is 0.0996. The van der Waals surface area contributed by atoms with E-state index in [1.165, 1.54) is 47.8 Å². The fourth-order valence-electron chi connectivity index (χ4n) is 3.20. The van der Waals surface area contributed by atoms with Gasteiger partial charge in [0, 0.05) is 17.3 Å². The highest BCUT2D eigenvalue weighted by atomic mass is 32.1. The van der Waals surface area contributed by atoms with Crippen LogP contribution in [0.1, 0.15) is 50.6 Å². The van der Waals surface area contributed by atoms with Crippen LogP contribution >= 0.6 is 11.3 Å². The van der Waals surface area contributed by atoms with E-state index in [1.54, 1.807) is 0 Å². The van der Waals surface area contributed by atoms with Gasteiger partial charge in [0.05, 0.1) is 6.10 Å². The number of ether oxygens (including phenoxy) is 1. The number of hydrogen-bond acceptors (Lipinski definition) is 3. The van der Waals surface area contributed by atoms with E-state index in [9.17, 15) is 0 Å². The average Bonchev–Trinajstić information content (AvgIpc) is 3.18. The molecule has 1 aromatic heterocycles. The SMILES string of the molecule is CCCNC(CCC1CCCO1)c1cccc2ccsc12. The maximum absolute atomic E-state index is 5.79. The predicted molar refractivity (Wildman–Crippen MR) is 91.1 cm³/mol. The Morgan fingerprint density at radius 3 is 3.14 bits per heavy atom. The van der Waals surface area contributed by atoms with Gasteiger partial charge in [0.2, 0.25) is 0 Å². The average molecular weight is 303 g/mol. The molecule has 3 heteroatoms. The molecule has 1 aliphatic heterocycles. The Labute approximate surface area is 131 Å². The van der Waals surface area contributed by atoms with E-state index < -0.39 is 0 Å². The van der Waals surface area contributed by atoms with E-state index in [0.717, 1.165) is 13.2 Å². The fraction of sp³-hybridized carbons (Fsp3) is 0.556. The van der Waals surface area contributed by atoms with Gasteiger partial charge in [-0.1, -0.05) is 25.1 Å². The molecule has 2 unspecified atom stereocenters. The zero-order chi connectivity index (χ0) is 14.5. The lowest BCUT2D eigenvalue weighted by Gasteiger charge is -2.21. The maximum atomic E-state index is 5.79. The molecule has 1 saturated heterocycles. The number of benzene rings is 1. The van der Waals surface area contributed by atoms with Crippen molar-refractivity contribution in [2.45, 2.75) is 51.2 Å². The van der Waals surface area contributed by atoms with E-state index in [4.69, 9.17) is 4.74 Å². The zero-order valence-electron chi connectivity index (χ0n) is 12.8. The van der Waals surface area contributed by atoms with Crippen molar-refractivity contribution in [3.63, 3.8) is 0 Å². The van der Waals surface area contributed by atoms with E-state index in [1.807, 2.05) is 11.3 Å². The summed E-state index contributed by atoms with van der Waals surface area (Å²) in [5.74, 6) is 0. The standard InChI is InChI=1S/C18H25NOS/c1-2-11-19-17(9-8-15-6-4-12-20-15)16-7-3-5-14-10-13-21-18(14)16/h3,5,7,10,13,15,17,19H,2,4,6,8-9,11-12H2,1H3. The van der Waals surface area contributed by atoms with Gasteiger partial charge in [0.25, 0.3) is 0 Å². The summed E-state index contributed by atoms with van der Waals surface area (Å²) in [4.78, 5) is 0. The van der Waals surface area contributed by atoms with Crippen LogP contribution in [0.25, 0.3) is 10.1 Å². The topological polar surface area (TPSA) is 21.3 Å². The fourth-order valence-corrected chi connectivity index (χ4v) is 4.17. The molecule has 114 valence electrons. The first-order valence-corrected chi connectivity index (χ1v) is 9.07. The van der Waals surface area contributed by atoms with Gasteiger partial charge in [-0.2, -0.15) is 0 Å². The van der Waals surface area contributed by atoms with E-state index >= 15 is 0 Å². The number of rotatable bonds is 7. The Morgan fingerprint density at radius 2 is 2.33 bits per heavy atom. The van der Waals surface area contributed by atoms with Crippen LogP contribution < -0.4 is 5.32 Å². The van der Waals surface area contributed by atoms with Gasteiger partial charge in [-0.15, -0.1) is 11.3 Å². The number of thiophene rings is 1. The first kappa shape index (κ1) is 15.0. The van der Waals surface area contributed by atoms with Gasteiger partial charge in [0.1, 0.15) is 0 Å². The molecular weight excluding hydrogens is 278 g/mol. The van der Waals surface area contributed by atoms with Crippen molar-refractivity contribution < 1.29 is 4.74 Å². The van der Waals surface area contributed by atoms with Crippen LogP contribution in [0, 0.1) is 0 Å². The second-order valence-electron chi connectivity index (χ2n) is 5.91. The summed E-state index contributed by atoms with van der Waals surface area (Å²) in [5, 5.41) is 7.32. The highest BCUT2D eigenvalue weighted by Gasteiger charge is 2.20. The molecule has 1 aromatic carbocycles. The second-order valence-corrected chi connectivity index (χ2v) is 6.82. The molecule has 0 aliphatic carbocycles. The summed E-state index contributed by atoms with van der Waals surface area (Å²) >= 11 is 1.86. The zero-order valence-corrected chi connectivity index (χ0v) is 13.6. The van der Waals surface area contributed by atoms with Crippen molar-refractivity contribution in [2.75, 3.05) is 13.2 Å². The minimum Gasteiger partial charge on any atom is -0.378 e. The molecule has 0 bridgehead atoms. The first-order chi connectivity index (χ1) is 10.4. The lowest BCUT2D eigenvalue weighted by atomic mass is 9.98. The molecule has 21 heavy (non-hydrogen) atoms. The number of nitrogens with one attached hydrogen (secondary N) is 1. The smallest absolute Gasteiger partial charge is 0.0576 e. The van der Waals surface area contributed by atoms with Crippen LogP contribution in [0.5, 0.6) is 0 Å². The Bertz CT molecular complexity index is 559. The Kier molecular flexibility index (Phi) is 5.28. The number of fused-ring (bicyclic) bond motifs is 1. The normalized spacial score (nSPS) is 20.1. The summed E-state index contributed by atoms with van der Waals surface area (Å²) in [6.45, 7) is 4.27. The van der Waals surface area contributed by atoms with E-state index in [-0.39, 0.29) is 0 Å². The Balaban J connectivity index is 1.75. The first-order valence-electron chi connectivity index (χ1n) is 8.19. The van der Waals surface area contributed by atoms with Crippen LogP contribution in [0.15, 0.2) is 29.6 Å². The molecule has 1 aliphatic rings. The van der Waals surface area contributed by atoms with Crippen molar-refractivity contribution in [1.29, 1.82) is 0 Å². The molecule has 0 radical (unpaired) electrons. The van der Waals surface area contributed by atoms with Gasteiger partial charge < -0.3 is 10.1 Å². The molecule has 1 fully saturated rings. The molecule has 2 heterocycles. The summed E-state index contributed by atoms with van der Waals surface area (Å²) in [5.41, 5.74) is 1.47. The predicted octanol–water partition coefficient (Wildman–Crippen LogP) is 4.90. The molecule has 2 aromatic rings. The van der Waals surface area contributed by atoms with Crippen LogP contribution in [-0.2, 0) is 4.74 Å². The van der Waals surface area contributed by atoms with Crippen molar-refractivity contribution in [3.05, 3.63) is 35.2 Å². The third kappa shape index (κ3) is 3.65. The van der Waals surface area contributed by atoms with Gasteiger partial charge in [-0.25, -0.2) is 0 Å².